The first-order valence-corrected chi connectivity index (χ1v) is 11.6. The largest absolute Gasteiger partial charge is 0.507 e. The molecule has 2 heterocycles. The number of likely N-dealkylation sites (N-methyl/N-ethyl adjacent to an activating group) is 1. The topological polar surface area (TPSA) is 83.0 Å². The summed E-state index contributed by atoms with van der Waals surface area (Å²) in [6.07, 6.45) is 4.15. The number of hydrogen-bond donors (Lipinski definition) is 1. The predicted octanol–water partition coefficient (Wildman–Crippen LogP) is 3.94. The van der Waals surface area contributed by atoms with E-state index in [0.717, 1.165) is 36.4 Å². The summed E-state index contributed by atoms with van der Waals surface area (Å²) in [7, 11) is 0. The van der Waals surface area contributed by atoms with Crippen molar-refractivity contribution in [1.29, 1.82) is 0 Å². The number of carbonyl (C=O) groups is 2. The highest BCUT2D eigenvalue weighted by Crippen LogP contribution is 2.39. The number of likely N-dealkylation sites (tertiary alicyclic amines) is 1. The number of nitrogens with zero attached hydrogens (tertiary/aromatic N) is 3. The Morgan fingerprint density at radius 1 is 1.12 bits per heavy atom. The predicted molar refractivity (Wildman–Crippen MR) is 128 cm³/mol. The normalized spacial score (nSPS) is 17.7. The van der Waals surface area contributed by atoms with Crippen LogP contribution in [0.15, 0.2) is 48.3 Å². The van der Waals surface area contributed by atoms with Crippen LogP contribution in [0.25, 0.3) is 5.76 Å². The van der Waals surface area contributed by atoms with Gasteiger partial charge in [-0.1, -0.05) is 20.8 Å². The molecule has 1 saturated heterocycles. The van der Waals surface area contributed by atoms with Crippen molar-refractivity contribution in [2.45, 2.75) is 40.2 Å². The van der Waals surface area contributed by atoms with Gasteiger partial charge in [-0.3, -0.25) is 14.6 Å². The van der Waals surface area contributed by atoms with Crippen molar-refractivity contribution in [2.75, 3.05) is 32.8 Å². The zero-order chi connectivity index (χ0) is 24.0. The number of benzene rings is 1. The fraction of sp³-hybridized carbons (Fsp3) is 0.423. The molecule has 0 aliphatic carbocycles. The van der Waals surface area contributed by atoms with Crippen molar-refractivity contribution in [2.24, 2.45) is 0 Å². The minimum Gasteiger partial charge on any atom is -0.507 e. The first kappa shape index (κ1) is 24.5. The third-order valence-electron chi connectivity index (χ3n) is 6.02. The number of aliphatic hydroxyl groups excluding tert-OH is 1. The lowest BCUT2D eigenvalue weighted by Crippen LogP contribution is -2.38. The van der Waals surface area contributed by atoms with E-state index >= 15 is 0 Å². The number of Topliss-reactive ketones (excluding diaryl/α,β-unsaturated/α-hetero) is 1. The third kappa shape index (κ3) is 5.25. The molecular formula is C26H33N3O4. The molecule has 3 rings (SSSR count). The van der Waals surface area contributed by atoms with Crippen LogP contribution in [0.3, 0.4) is 0 Å². The van der Waals surface area contributed by atoms with Crippen LogP contribution in [0.1, 0.15) is 49.9 Å². The zero-order valence-corrected chi connectivity index (χ0v) is 19.9. The molecule has 1 fully saturated rings. The Labute approximate surface area is 195 Å². The van der Waals surface area contributed by atoms with Gasteiger partial charge in [0.05, 0.1) is 18.2 Å². The summed E-state index contributed by atoms with van der Waals surface area (Å²) in [5, 5.41) is 11.2. The molecule has 1 amide bonds. The van der Waals surface area contributed by atoms with Gasteiger partial charge in [-0.2, -0.15) is 0 Å². The molecule has 1 aromatic heterocycles. The summed E-state index contributed by atoms with van der Waals surface area (Å²) < 4.78 is 5.73. The number of ketones is 1. The molecule has 1 unspecified atom stereocenters. The van der Waals surface area contributed by atoms with Crippen molar-refractivity contribution >= 4 is 17.4 Å². The van der Waals surface area contributed by atoms with E-state index in [2.05, 4.69) is 23.7 Å². The Morgan fingerprint density at radius 2 is 1.82 bits per heavy atom. The quantitative estimate of drug-likeness (QED) is 0.335. The fourth-order valence-corrected chi connectivity index (χ4v) is 4.12. The highest BCUT2D eigenvalue weighted by Gasteiger charge is 2.45. The smallest absolute Gasteiger partial charge is 0.295 e. The summed E-state index contributed by atoms with van der Waals surface area (Å²) in [5.41, 5.74) is 2.18. The fourth-order valence-electron chi connectivity index (χ4n) is 4.12. The number of ether oxygens (including phenoxy) is 1. The number of carbonyl (C=O) groups excluding carboxylic acids is 2. The molecule has 1 N–H and O–H groups in total. The van der Waals surface area contributed by atoms with Gasteiger partial charge in [0.15, 0.2) is 0 Å². The Morgan fingerprint density at radius 3 is 2.42 bits per heavy atom. The maximum atomic E-state index is 13.1. The van der Waals surface area contributed by atoms with Crippen LogP contribution in [-0.2, 0) is 9.59 Å². The van der Waals surface area contributed by atoms with Gasteiger partial charge in [0, 0.05) is 31.0 Å². The number of rotatable bonds is 10. The van der Waals surface area contributed by atoms with E-state index < -0.39 is 17.7 Å². The van der Waals surface area contributed by atoms with Gasteiger partial charge in [-0.25, -0.2) is 0 Å². The molecule has 1 atom stereocenters. The maximum Gasteiger partial charge on any atom is 0.295 e. The molecule has 0 radical (unpaired) electrons. The monoisotopic (exact) mass is 451 g/mol. The number of amides is 1. The van der Waals surface area contributed by atoms with E-state index in [1.54, 1.807) is 47.6 Å². The van der Waals surface area contributed by atoms with Gasteiger partial charge < -0.3 is 19.6 Å². The zero-order valence-electron chi connectivity index (χ0n) is 19.9. The highest BCUT2D eigenvalue weighted by molar-refractivity contribution is 6.46. The maximum absolute atomic E-state index is 13.1. The van der Waals surface area contributed by atoms with Crippen molar-refractivity contribution in [3.8, 4) is 5.75 Å². The lowest BCUT2D eigenvalue weighted by molar-refractivity contribution is -0.140. The molecule has 1 aromatic carbocycles. The van der Waals surface area contributed by atoms with Crippen LogP contribution >= 0.6 is 0 Å². The molecule has 33 heavy (non-hydrogen) atoms. The molecular weight excluding hydrogens is 418 g/mol. The van der Waals surface area contributed by atoms with Gasteiger partial charge in [-0.15, -0.1) is 0 Å². The Bertz CT molecular complexity index is 1020. The minimum atomic E-state index is -0.669. The van der Waals surface area contributed by atoms with E-state index in [1.807, 2.05) is 13.8 Å². The van der Waals surface area contributed by atoms with E-state index in [-0.39, 0.29) is 11.3 Å². The van der Waals surface area contributed by atoms with Gasteiger partial charge >= 0.3 is 0 Å². The number of aryl methyl sites for hydroxylation is 1. The molecule has 7 nitrogen and oxygen atoms in total. The van der Waals surface area contributed by atoms with Crippen LogP contribution in [0, 0.1) is 6.92 Å². The summed E-state index contributed by atoms with van der Waals surface area (Å²) in [5.74, 6) is -0.702. The Kier molecular flexibility index (Phi) is 8.22. The van der Waals surface area contributed by atoms with Crippen molar-refractivity contribution in [1.82, 2.24) is 14.8 Å². The lowest BCUT2D eigenvalue weighted by Gasteiger charge is -2.28. The molecule has 1 aliphatic heterocycles. The van der Waals surface area contributed by atoms with E-state index in [9.17, 15) is 14.7 Å². The molecule has 0 saturated carbocycles. The second-order valence-electron chi connectivity index (χ2n) is 8.13. The summed E-state index contributed by atoms with van der Waals surface area (Å²) in [4.78, 5) is 34.0. The number of aliphatic hydroxyl groups is 1. The standard InChI is InChI=1S/C26H33N3O4/c1-5-16-33-21-9-8-20(17-18(21)4)24(30)22-23(19-10-12-27-13-11-19)29(26(32)25(22)31)15-14-28(6-2)7-3/h8-13,17,23,30H,5-7,14-16H2,1-4H3/b24-22-. The van der Waals surface area contributed by atoms with E-state index in [0.29, 0.717) is 25.3 Å². The average molecular weight is 452 g/mol. The summed E-state index contributed by atoms with van der Waals surface area (Å²) in [6.45, 7) is 11.4. The van der Waals surface area contributed by atoms with Crippen LogP contribution in [0.5, 0.6) is 5.75 Å². The van der Waals surface area contributed by atoms with Gasteiger partial charge in [0.2, 0.25) is 0 Å². The summed E-state index contributed by atoms with van der Waals surface area (Å²) in [6, 6.07) is 8.19. The second kappa shape index (κ2) is 11.1. The van der Waals surface area contributed by atoms with Crippen molar-refractivity contribution in [3.05, 3.63) is 65.0 Å². The van der Waals surface area contributed by atoms with Crippen LogP contribution < -0.4 is 4.74 Å². The first-order chi connectivity index (χ1) is 15.9. The van der Waals surface area contributed by atoms with E-state index in [4.69, 9.17) is 4.74 Å². The van der Waals surface area contributed by atoms with Gasteiger partial charge in [0.1, 0.15) is 11.5 Å². The average Bonchev–Trinajstić information content (AvgIpc) is 3.09. The molecule has 176 valence electrons. The first-order valence-electron chi connectivity index (χ1n) is 11.6. The number of pyridine rings is 1. The lowest BCUT2D eigenvalue weighted by atomic mass is 9.95. The molecule has 0 bridgehead atoms. The van der Waals surface area contributed by atoms with Crippen molar-refractivity contribution < 1.29 is 19.4 Å². The van der Waals surface area contributed by atoms with Crippen LogP contribution in [0.4, 0.5) is 0 Å². The Balaban J connectivity index is 2.04. The molecule has 7 heteroatoms. The van der Waals surface area contributed by atoms with Crippen LogP contribution in [-0.4, -0.2) is 64.4 Å². The number of aromatic nitrogens is 1. The van der Waals surface area contributed by atoms with Crippen molar-refractivity contribution in [3.63, 3.8) is 0 Å². The minimum absolute atomic E-state index is 0.104. The highest BCUT2D eigenvalue weighted by atomic mass is 16.5. The molecule has 0 spiro atoms. The van der Waals surface area contributed by atoms with Gasteiger partial charge in [0.25, 0.3) is 11.7 Å². The van der Waals surface area contributed by atoms with Crippen LogP contribution in [0.2, 0.25) is 0 Å². The second-order valence-corrected chi connectivity index (χ2v) is 8.13. The SMILES string of the molecule is CCCOc1ccc(/C(O)=C2/C(=O)C(=O)N(CCN(CC)CC)C2c2ccncc2)cc1C. The number of hydrogen-bond acceptors (Lipinski definition) is 6. The van der Waals surface area contributed by atoms with E-state index in [1.165, 1.54) is 0 Å². The van der Waals surface area contributed by atoms with Gasteiger partial charge in [-0.05, 0) is 67.9 Å². The molecule has 1 aliphatic rings. The summed E-state index contributed by atoms with van der Waals surface area (Å²) >= 11 is 0. The third-order valence-corrected chi connectivity index (χ3v) is 6.02. The Hall–Kier alpha value is -3.19. The molecule has 2 aromatic rings.